The first-order valence-corrected chi connectivity index (χ1v) is 8.02. The number of rotatable bonds is 7. The van der Waals surface area contributed by atoms with E-state index in [2.05, 4.69) is 41.3 Å². The van der Waals surface area contributed by atoms with Gasteiger partial charge < -0.3 is 11.1 Å². The number of nitrogens with zero attached hydrogens (tertiary/aromatic N) is 2. The first-order valence-electron chi connectivity index (χ1n) is 8.02. The number of aromatic nitrogens is 1. The fraction of sp³-hybridized carbons (Fsp3) is 0.444. The maximum atomic E-state index is 5.65. The van der Waals surface area contributed by atoms with Gasteiger partial charge in [-0.1, -0.05) is 25.5 Å². The molecule has 22 heavy (non-hydrogen) atoms. The van der Waals surface area contributed by atoms with Crippen molar-refractivity contribution in [3.05, 3.63) is 52.6 Å². The Bertz CT molecular complexity index is 585. The molecule has 1 aromatic rings. The SMILES string of the molecule is CCCc1ncc(CN=CC2=C(CCN)NC=CC2)cc1C. The number of nitrogens with one attached hydrogen (secondary N) is 1. The van der Waals surface area contributed by atoms with Crippen LogP contribution in [-0.2, 0) is 13.0 Å². The smallest absolute Gasteiger partial charge is 0.0654 e. The number of hydrogen-bond donors (Lipinski definition) is 2. The second-order valence-corrected chi connectivity index (χ2v) is 5.62. The van der Waals surface area contributed by atoms with Crippen molar-refractivity contribution in [3.63, 3.8) is 0 Å². The molecule has 1 aliphatic rings. The van der Waals surface area contributed by atoms with Crippen LogP contribution in [0.25, 0.3) is 0 Å². The molecule has 3 N–H and O–H groups in total. The molecule has 2 rings (SSSR count). The zero-order valence-electron chi connectivity index (χ0n) is 13.6. The summed E-state index contributed by atoms with van der Waals surface area (Å²) in [6, 6.07) is 2.20. The molecule has 0 amide bonds. The summed E-state index contributed by atoms with van der Waals surface area (Å²) >= 11 is 0. The van der Waals surface area contributed by atoms with Crippen LogP contribution < -0.4 is 11.1 Å². The molecule has 4 nitrogen and oxygen atoms in total. The van der Waals surface area contributed by atoms with Crippen LogP contribution in [0.4, 0.5) is 0 Å². The van der Waals surface area contributed by atoms with E-state index in [0.29, 0.717) is 13.1 Å². The predicted molar refractivity (Wildman–Crippen MR) is 92.8 cm³/mol. The summed E-state index contributed by atoms with van der Waals surface area (Å²) in [4.78, 5) is 9.13. The van der Waals surface area contributed by atoms with E-state index in [-0.39, 0.29) is 0 Å². The molecule has 118 valence electrons. The summed E-state index contributed by atoms with van der Waals surface area (Å²) in [6.07, 6.45) is 11.9. The van der Waals surface area contributed by atoms with Crippen LogP contribution >= 0.6 is 0 Å². The van der Waals surface area contributed by atoms with E-state index in [1.165, 1.54) is 22.5 Å². The molecule has 0 spiro atoms. The summed E-state index contributed by atoms with van der Waals surface area (Å²) in [5.74, 6) is 0. The van der Waals surface area contributed by atoms with Crippen molar-refractivity contribution >= 4 is 6.21 Å². The molecular formula is C18H26N4. The maximum absolute atomic E-state index is 5.65. The van der Waals surface area contributed by atoms with Gasteiger partial charge in [-0.15, -0.1) is 0 Å². The molecule has 4 heteroatoms. The highest BCUT2D eigenvalue weighted by molar-refractivity contribution is 5.80. The number of dihydropyridines is 1. The van der Waals surface area contributed by atoms with Crippen LogP contribution in [0.15, 0.2) is 40.8 Å². The fourth-order valence-corrected chi connectivity index (χ4v) is 2.58. The number of aliphatic imine (C=N–C) groups is 1. The topological polar surface area (TPSA) is 63.3 Å². The summed E-state index contributed by atoms with van der Waals surface area (Å²) in [6.45, 7) is 5.63. The van der Waals surface area contributed by atoms with Crippen LogP contribution in [0.2, 0.25) is 0 Å². The molecule has 2 heterocycles. The van der Waals surface area contributed by atoms with Crippen molar-refractivity contribution < 1.29 is 0 Å². The zero-order valence-corrected chi connectivity index (χ0v) is 13.6. The summed E-state index contributed by atoms with van der Waals surface area (Å²) in [5.41, 5.74) is 11.7. The summed E-state index contributed by atoms with van der Waals surface area (Å²) in [5, 5.41) is 3.26. The maximum Gasteiger partial charge on any atom is 0.0654 e. The van der Waals surface area contributed by atoms with Crippen molar-refractivity contribution in [2.45, 2.75) is 46.1 Å². The van der Waals surface area contributed by atoms with Gasteiger partial charge in [-0.2, -0.15) is 0 Å². The Morgan fingerprint density at radius 1 is 1.41 bits per heavy atom. The van der Waals surface area contributed by atoms with E-state index >= 15 is 0 Å². The first-order chi connectivity index (χ1) is 10.7. The number of allylic oxidation sites excluding steroid dienone is 2. The predicted octanol–water partition coefficient (Wildman–Crippen LogP) is 3.02. The lowest BCUT2D eigenvalue weighted by Crippen LogP contribution is -2.16. The van der Waals surface area contributed by atoms with E-state index < -0.39 is 0 Å². The lowest BCUT2D eigenvalue weighted by molar-refractivity contribution is 0.839. The average Bonchev–Trinajstić information content (AvgIpc) is 2.52. The van der Waals surface area contributed by atoms with Gasteiger partial charge >= 0.3 is 0 Å². The molecule has 0 aliphatic carbocycles. The Balaban J connectivity index is 2.01. The molecule has 0 fully saturated rings. The largest absolute Gasteiger partial charge is 0.365 e. The summed E-state index contributed by atoms with van der Waals surface area (Å²) < 4.78 is 0. The van der Waals surface area contributed by atoms with Gasteiger partial charge in [-0.25, -0.2) is 0 Å². The molecule has 0 bridgehead atoms. The molecule has 0 aromatic carbocycles. The molecule has 0 saturated heterocycles. The van der Waals surface area contributed by atoms with Gasteiger partial charge in [0.25, 0.3) is 0 Å². The third-order valence-electron chi connectivity index (χ3n) is 3.75. The number of nitrogens with two attached hydrogens (primary N) is 1. The van der Waals surface area contributed by atoms with Gasteiger partial charge in [0.2, 0.25) is 0 Å². The van der Waals surface area contributed by atoms with E-state index in [1.807, 2.05) is 18.6 Å². The second-order valence-electron chi connectivity index (χ2n) is 5.62. The number of aryl methyl sites for hydroxylation is 2. The highest BCUT2D eigenvalue weighted by Crippen LogP contribution is 2.14. The van der Waals surface area contributed by atoms with E-state index in [9.17, 15) is 0 Å². The van der Waals surface area contributed by atoms with E-state index in [4.69, 9.17) is 5.73 Å². The summed E-state index contributed by atoms with van der Waals surface area (Å²) in [7, 11) is 0. The van der Waals surface area contributed by atoms with E-state index in [0.717, 1.165) is 31.2 Å². The molecular weight excluding hydrogens is 272 g/mol. The Morgan fingerprint density at radius 2 is 2.27 bits per heavy atom. The molecule has 0 radical (unpaired) electrons. The molecule has 0 unspecified atom stereocenters. The Kier molecular flexibility index (Phi) is 6.34. The third-order valence-corrected chi connectivity index (χ3v) is 3.75. The van der Waals surface area contributed by atoms with Crippen LogP contribution in [-0.4, -0.2) is 17.7 Å². The van der Waals surface area contributed by atoms with Gasteiger partial charge in [0.05, 0.1) is 6.54 Å². The van der Waals surface area contributed by atoms with Crippen molar-refractivity contribution in [1.29, 1.82) is 0 Å². The van der Waals surface area contributed by atoms with Crippen molar-refractivity contribution in [2.24, 2.45) is 10.7 Å². The van der Waals surface area contributed by atoms with Crippen molar-refractivity contribution in [3.8, 4) is 0 Å². The van der Waals surface area contributed by atoms with Crippen LogP contribution in [0.1, 0.15) is 43.0 Å². The first kappa shape index (κ1) is 16.4. The van der Waals surface area contributed by atoms with Gasteiger partial charge in [0, 0.05) is 30.2 Å². The van der Waals surface area contributed by atoms with Crippen molar-refractivity contribution in [2.75, 3.05) is 6.54 Å². The minimum absolute atomic E-state index is 0.648. The Morgan fingerprint density at radius 3 is 3.00 bits per heavy atom. The van der Waals surface area contributed by atoms with Gasteiger partial charge in [0.1, 0.15) is 0 Å². The van der Waals surface area contributed by atoms with Crippen molar-refractivity contribution in [1.82, 2.24) is 10.3 Å². The Hall–Kier alpha value is -1.94. The lowest BCUT2D eigenvalue weighted by atomic mass is 10.1. The second kappa shape index (κ2) is 8.49. The van der Waals surface area contributed by atoms with Gasteiger partial charge in [-0.05, 0) is 49.2 Å². The molecule has 0 atom stereocenters. The fourth-order valence-electron chi connectivity index (χ4n) is 2.58. The van der Waals surface area contributed by atoms with Gasteiger partial charge in [-0.3, -0.25) is 9.98 Å². The minimum atomic E-state index is 0.648. The molecule has 0 saturated carbocycles. The molecule has 1 aromatic heterocycles. The monoisotopic (exact) mass is 298 g/mol. The standard InChI is InChI=1S/C18H26N4/c1-3-5-17-14(2)10-15(12-22-17)11-20-13-16-6-4-9-21-18(16)7-8-19/h4,9-10,12-13,21H,3,5-8,11,19H2,1-2H3. The lowest BCUT2D eigenvalue weighted by Gasteiger charge is -2.14. The highest BCUT2D eigenvalue weighted by atomic mass is 14.9. The number of pyridine rings is 1. The van der Waals surface area contributed by atoms with Crippen LogP contribution in [0, 0.1) is 6.92 Å². The normalized spacial score (nSPS) is 14.7. The minimum Gasteiger partial charge on any atom is -0.365 e. The third kappa shape index (κ3) is 4.53. The zero-order chi connectivity index (χ0) is 15.8. The van der Waals surface area contributed by atoms with Gasteiger partial charge in [0.15, 0.2) is 0 Å². The van der Waals surface area contributed by atoms with Crippen LogP contribution in [0.3, 0.4) is 0 Å². The van der Waals surface area contributed by atoms with Crippen LogP contribution in [0.5, 0.6) is 0 Å². The average molecular weight is 298 g/mol. The number of hydrogen-bond acceptors (Lipinski definition) is 4. The quantitative estimate of drug-likeness (QED) is 0.761. The van der Waals surface area contributed by atoms with E-state index in [1.54, 1.807) is 0 Å². The Labute approximate surface area is 133 Å². The molecule has 1 aliphatic heterocycles. The highest BCUT2D eigenvalue weighted by Gasteiger charge is 2.06.